The van der Waals surface area contributed by atoms with Crippen molar-refractivity contribution in [1.82, 2.24) is 0 Å². The SMILES string of the molecule is ClCCOCCOCCOCCOCCOCCBr. The average Bonchev–Trinajstić information content (AvgIpc) is 2.43. The van der Waals surface area contributed by atoms with Gasteiger partial charge >= 0.3 is 0 Å². The van der Waals surface area contributed by atoms with E-state index in [4.69, 9.17) is 35.3 Å². The van der Waals surface area contributed by atoms with Gasteiger partial charge in [0.25, 0.3) is 0 Å². The highest BCUT2D eigenvalue weighted by atomic mass is 79.9. The summed E-state index contributed by atoms with van der Waals surface area (Å²) in [4.78, 5) is 0. The molecule has 0 heterocycles. The van der Waals surface area contributed by atoms with E-state index in [0.717, 1.165) is 5.33 Å². The summed E-state index contributed by atoms with van der Waals surface area (Å²) in [5.74, 6) is 0.518. The van der Waals surface area contributed by atoms with Crippen molar-refractivity contribution in [2.24, 2.45) is 0 Å². The van der Waals surface area contributed by atoms with Gasteiger partial charge in [-0.25, -0.2) is 0 Å². The molecule has 0 amide bonds. The van der Waals surface area contributed by atoms with Gasteiger partial charge in [-0.1, -0.05) is 15.9 Å². The van der Waals surface area contributed by atoms with Crippen molar-refractivity contribution < 1.29 is 23.7 Å². The Bertz CT molecular complexity index is 149. The summed E-state index contributed by atoms with van der Waals surface area (Å²) in [5, 5.41) is 0.854. The van der Waals surface area contributed by atoms with Crippen LogP contribution in [0.2, 0.25) is 0 Å². The minimum atomic E-state index is 0.518. The molecular weight excluding hydrogens is 339 g/mol. The minimum absolute atomic E-state index is 0.518. The molecule has 116 valence electrons. The van der Waals surface area contributed by atoms with Crippen molar-refractivity contribution in [1.29, 1.82) is 0 Å². The first-order valence-corrected chi connectivity index (χ1v) is 8.08. The van der Waals surface area contributed by atoms with E-state index in [1.54, 1.807) is 0 Å². The second-order valence-electron chi connectivity index (χ2n) is 3.44. The predicted octanol–water partition coefficient (Wildman–Crippen LogP) is 1.70. The Hall–Kier alpha value is 0.570. The summed E-state index contributed by atoms with van der Waals surface area (Å²) in [6.45, 7) is 5.94. The zero-order valence-corrected chi connectivity index (χ0v) is 13.6. The lowest BCUT2D eigenvalue weighted by Gasteiger charge is -2.07. The van der Waals surface area contributed by atoms with Crippen molar-refractivity contribution in [2.75, 3.05) is 77.3 Å². The number of hydrogen-bond donors (Lipinski definition) is 0. The molecule has 0 aliphatic carbocycles. The Morgan fingerprint density at radius 1 is 0.526 bits per heavy atom. The number of halogens is 2. The van der Waals surface area contributed by atoms with Crippen LogP contribution in [0.15, 0.2) is 0 Å². The van der Waals surface area contributed by atoms with Crippen LogP contribution in [-0.2, 0) is 23.7 Å². The molecule has 0 radical (unpaired) electrons. The van der Waals surface area contributed by atoms with Gasteiger partial charge in [0, 0.05) is 11.2 Å². The molecule has 0 N–H and O–H groups in total. The van der Waals surface area contributed by atoms with Crippen LogP contribution in [0.3, 0.4) is 0 Å². The highest BCUT2D eigenvalue weighted by Crippen LogP contribution is 1.85. The van der Waals surface area contributed by atoms with Crippen molar-refractivity contribution in [3.05, 3.63) is 0 Å². The standard InChI is InChI=1S/C12H24BrClO5/c13-1-3-15-5-7-17-9-11-19-12-10-18-8-6-16-4-2-14/h1-12H2. The smallest absolute Gasteiger partial charge is 0.0701 e. The van der Waals surface area contributed by atoms with Gasteiger partial charge in [0.1, 0.15) is 0 Å². The maximum Gasteiger partial charge on any atom is 0.0701 e. The third-order valence-electron chi connectivity index (χ3n) is 1.93. The van der Waals surface area contributed by atoms with Crippen molar-refractivity contribution in [2.45, 2.75) is 0 Å². The fourth-order valence-corrected chi connectivity index (χ4v) is 1.43. The molecule has 0 aliphatic heterocycles. The molecule has 0 atom stereocenters. The molecule has 7 heteroatoms. The molecule has 0 aliphatic rings. The van der Waals surface area contributed by atoms with Crippen LogP contribution < -0.4 is 0 Å². The third-order valence-corrected chi connectivity index (χ3v) is 2.41. The van der Waals surface area contributed by atoms with E-state index in [1.807, 2.05) is 0 Å². The summed E-state index contributed by atoms with van der Waals surface area (Å²) in [5.41, 5.74) is 0. The molecule has 0 bridgehead atoms. The van der Waals surface area contributed by atoms with Crippen LogP contribution in [0.5, 0.6) is 0 Å². The fourth-order valence-electron chi connectivity index (χ4n) is 1.09. The molecule has 0 saturated carbocycles. The van der Waals surface area contributed by atoms with E-state index in [1.165, 1.54) is 0 Å². The molecular formula is C12H24BrClO5. The summed E-state index contributed by atoms with van der Waals surface area (Å²) in [7, 11) is 0. The van der Waals surface area contributed by atoms with Gasteiger partial charge in [0.05, 0.1) is 66.1 Å². The van der Waals surface area contributed by atoms with Gasteiger partial charge in [0.2, 0.25) is 0 Å². The third kappa shape index (κ3) is 18.6. The number of ether oxygens (including phenoxy) is 5. The number of alkyl halides is 2. The molecule has 0 rings (SSSR count). The number of rotatable bonds is 16. The van der Waals surface area contributed by atoms with E-state index in [2.05, 4.69) is 15.9 Å². The van der Waals surface area contributed by atoms with Gasteiger partial charge in [0.15, 0.2) is 0 Å². The first-order chi connectivity index (χ1) is 9.41. The van der Waals surface area contributed by atoms with Crippen LogP contribution >= 0.6 is 27.5 Å². The topological polar surface area (TPSA) is 46.2 Å². The molecule has 5 nitrogen and oxygen atoms in total. The van der Waals surface area contributed by atoms with Gasteiger partial charge in [-0.3, -0.25) is 0 Å². The lowest BCUT2D eigenvalue weighted by Crippen LogP contribution is -2.13. The number of hydrogen-bond acceptors (Lipinski definition) is 5. The largest absolute Gasteiger partial charge is 0.378 e. The van der Waals surface area contributed by atoms with E-state index in [0.29, 0.717) is 71.9 Å². The highest BCUT2D eigenvalue weighted by molar-refractivity contribution is 9.09. The average molecular weight is 364 g/mol. The van der Waals surface area contributed by atoms with Gasteiger partial charge in [-0.05, 0) is 0 Å². The lowest BCUT2D eigenvalue weighted by molar-refractivity contribution is -0.00903. The fraction of sp³-hybridized carbons (Fsp3) is 1.00. The van der Waals surface area contributed by atoms with Crippen molar-refractivity contribution in [3.63, 3.8) is 0 Å². The normalized spacial score (nSPS) is 11.1. The Kier molecular flexibility index (Phi) is 19.1. The van der Waals surface area contributed by atoms with Crippen LogP contribution in [-0.4, -0.2) is 77.3 Å². The van der Waals surface area contributed by atoms with E-state index < -0.39 is 0 Å². The monoisotopic (exact) mass is 362 g/mol. The second-order valence-corrected chi connectivity index (χ2v) is 4.61. The van der Waals surface area contributed by atoms with Gasteiger partial charge in [-0.2, -0.15) is 0 Å². The maximum atomic E-state index is 5.45. The van der Waals surface area contributed by atoms with E-state index in [9.17, 15) is 0 Å². The Balaban J connectivity index is 2.88. The summed E-state index contributed by atoms with van der Waals surface area (Å²) >= 11 is 8.73. The van der Waals surface area contributed by atoms with Gasteiger partial charge in [-0.15, -0.1) is 11.6 Å². The summed E-state index contributed by atoms with van der Waals surface area (Å²) in [6, 6.07) is 0. The summed E-state index contributed by atoms with van der Waals surface area (Å²) < 4.78 is 26.3. The van der Waals surface area contributed by atoms with E-state index in [-0.39, 0.29) is 0 Å². The van der Waals surface area contributed by atoms with Crippen molar-refractivity contribution >= 4 is 27.5 Å². The molecule has 0 aromatic carbocycles. The zero-order chi connectivity index (χ0) is 14.0. The maximum absolute atomic E-state index is 5.45. The molecule has 19 heavy (non-hydrogen) atoms. The quantitative estimate of drug-likeness (QED) is 0.308. The predicted molar refractivity (Wildman–Crippen MR) is 78.6 cm³/mol. The van der Waals surface area contributed by atoms with Crippen LogP contribution in [0.4, 0.5) is 0 Å². The van der Waals surface area contributed by atoms with E-state index >= 15 is 0 Å². The Morgan fingerprint density at radius 3 is 1.16 bits per heavy atom. The molecule has 0 aromatic heterocycles. The minimum Gasteiger partial charge on any atom is -0.378 e. The molecule has 0 unspecified atom stereocenters. The van der Waals surface area contributed by atoms with Crippen LogP contribution in [0, 0.1) is 0 Å². The summed E-state index contributed by atoms with van der Waals surface area (Å²) in [6.07, 6.45) is 0. The highest BCUT2D eigenvalue weighted by Gasteiger charge is 1.92. The van der Waals surface area contributed by atoms with Crippen LogP contribution in [0.25, 0.3) is 0 Å². The first-order valence-electron chi connectivity index (χ1n) is 6.42. The van der Waals surface area contributed by atoms with Crippen LogP contribution in [0.1, 0.15) is 0 Å². The second kappa shape index (κ2) is 18.6. The molecule has 0 fully saturated rings. The lowest BCUT2D eigenvalue weighted by atomic mass is 10.7. The van der Waals surface area contributed by atoms with Crippen molar-refractivity contribution in [3.8, 4) is 0 Å². The molecule has 0 saturated heterocycles. The Morgan fingerprint density at radius 2 is 0.842 bits per heavy atom. The Labute approximate surface area is 128 Å². The molecule has 0 aromatic rings. The molecule has 0 spiro atoms. The van der Waals surface area contributed by atoms with Gasteiger partial charge < -0.3 is 23.7 Å². The zero-order valence-electron chi connectivity index (χ0n) is 11.3. The first kappa shape index (κ1) is 19.6.